The van der Waals surface area contributed by atoms with E-state index in [2.05, 4.69) is 5.32 Å². The zero-order chi connectivity index (χ0) is 15.2. The van der Waals surface area contributed by atoms with Gasteiger partial charge in [0.1, 0.15) is 0 Å². The van der Waals surface area contributed by atoms with Gasteiger partial charge < -0.3 is 15.1 Å². The van der Waals surface area contributed by atoms with E-state index in [1.807, 2.05) is 4.90 Å². The number of carbonyl (C=O) groups excluding carboxylic acids is 3. The van der Waals surface area contributed by atoms with Crippen LogP contribution in [-0.2, 0) is 14.4 Å². The zero-order valence-electron chi connectivity index (χ0n) is 12.6. The number of carbonyl (C=O) groups is 3. The molecule has 0 aromatic heterocycles. The van der Waals surface area contributed by atoms with Gasteiger partial charge >= 0.3 is 0 Å². The Balaban J connectivity index is 1.63. The van der Waals surface area contributed by atoms with E-state index < -0.39 is 0 Å². The van der Waals surface area contributed by atoms with Crippen molar-refractivity contribution in [3.63, 3.8) is 0 Å². The first-order valence-electron chi connectivity index (χ1n) is 7.58. The summed E-state index contributed by atoms with van der Waals surface area (Å²) in [4.78, 5) is 40.5. The normalized spacial score (nSPS) is 19.7. The summed E-state index contributed by atoms with van der Waals surface area (Å²) in [6, 6.07) is 0. The van der Waals surface area contributed by atoms with Crippen LogP contribution in [-0.4, -0.2) is 84.8 Å². The number of amides is 3. The van der Waals surface area contributed by atoms with E-state index in [1.54, 1.807) is 16.7 Å². The number of nitrogens with zero attached hydrogens (tertiary/aromatic N) is 3. The second-order valence-corrected chi connectivity index (χ2v) is 5.65. The van der Waals surface area contributed by atoms with E-state index in [4.69, 9.17) is 0 Å². The maximum absolute atomic E-state index is 11.8. The van der Waals surface area contributed by atoms with Crippen molar-refractivity contribution in [3.05, 3.63) is 0 Å². The van der Waals surface area contributed by atoms with Crippen molar-refractivity contribution in [3.8, 4) is 0 Å². The predicted octanol–water partition coefficient (Wildman–Crippen LogP) is -1.11. The van der Waals surface area contributed by atoms with E-state index in [0.29, 0.717) is 32.7 Å². The van der Waals surface area contributed by atoms with Crippen molar-refractivity contribution >= 4 is 17.7 Å². The first-order valence-corrected chi connectivity index (χ1v) is 7.58. The molecule has 2 fully saturated rings. The van der Waals surface area contributed by atoms with Crippen LogP contribution in [0.4, 0.5) is 0 Å². The Hall–Kier alpha value is -1.63. The van der Waals surface area contributed by atoms with E-state index in [1.165, 1.54) is 0 Å². The zero-order valence-corrected chi connectivity index (χ0v) is 12.6. The van der Waals surface area contributed by atoms with Crippen molar-refractivity contribution in [2.45, 2.75) is 19.8 Å². The highest BCUT2D eigenvalue weighted by molar-refractivity contribution is 5.85. The summed E-state index contributed by atoms with van der Waals surface area (Å²) in [5, 5.41) is 2.69. The largest absolute Gasteiger partial charge is 0.346 e. The summed E-state index contributed by atoms with van der Waals surface area (Å²) < 4.78 is 0. The molecule has 0 spiro atoms. The molecule has 0 aromatic carbocycles. The van der Waals surface area contributed by atoms with Crippen LogP contribution in [0.15, 0.2) is 0 Å². The molecule has 2 aliphatic heterocycles. The first-order chi connectivity index (χ1) is 10.1. The van der Waals surface area contributed by atoms with E-state index in [0.717, 1.165) is 25.9 Å². The minimum Gasteiger partial charge on any atom is -0.346 e. The van der Waals surface area contributed by atoms with Crippen molar-refractivity contribution < 1.29 is 14.4 Å². The molecule has 0 atom stereocenters. The number of likely N-dealkylation sites (tertiary alicyclic amines) is 1. The molecule has 0 radical (unpaired) electrons. The third-order valence-electron chi connectivity index (χ3n) is 4.08. The molecule has 2 saturated heterocycles. The van der Waals surface area contributed by atoms with Gasteiger partial charge in [-0.2, -0.15) is 0 Å². The number of nitrogens with one attached hydrogen (secondary N) is 1. The molecule has 0 unspecified atom stereocenters. The molecular formula is C14H24N4O3. The highest BCUT2D eigenvalue weighted by atomic mass is 16.2. The lowest BCUT2D eigenvalue weighted by atomic mass is 10.3. The molecule has 21 heavy (non-hydrogen) atoms. The van der Waals surface area contributed by atoms with Gasteiger partial charge in [-0.15, -0.1) is 0 Å². The molecule has 3 amide bonds. The van der Waals surface area contributed by atoms with Crippen molar-refractivity contribution in [1.82, 2.24) is 20.0 Å². The molecular weight excluding hydrogens is 272 g/mol. The van der Waals surface area contributed by atoms with E-state index in [9.17, 15) is 14.4 Å². The number of hydrogen-bond donors (Lipinski definition) is 1. The highest BCUT2D eigenvalue weighted by Crippen LogP contribution is 2.06. The van der Waals surface area contributed by atoms with Crippen LogP contribution in [0.5, 0.6) is 0 Å². The topological polar surface area (TPSA) is 73.0 Å². The predicted molar refractivity (Wildman–Crippen MR) is 77.5 cm³/mol. The summed E-state index contributed by atoms with van der Waals surface area (Å²) in [6.07, 6.45) is 2.11. The molecule has 7 heteroatoms. The van der Waals surface area contributed by atoms with Crippen LogP contribution >= 0.6 is 0 Å². The lowest BCUT2D eigenvalue weighted by Gasteiger charge is -2.33. The second kappa shape index (κ2) is 7.40. The maximum atomic E-state index is 11.8. The Labute approximate surface area is 125 Å². The fraction of sp³-hybridized carbons (Fsp3) is 0.786. The monoisotopic (exact) mass is 296 g/mol. The summed E-state index contributed by atoms with van der Waals surface area (Å²) in [5.41, 5.74) is 0. The lowest BCUT2D eigenvalue weighted by molar-refractivity contribution is -0.133. The molecule has 2 heterocycles. The standard InChI is InChI=1S/C14H24N4O3/c1-12(19)17-8-6-16(7-9-17)11-13(20)15-10-14(21)18-4-2-3-5-18/h2-11H2,1H3,(H,15,20). The van der Waals surface area contributed by atoms with Crippen LogP contribution in [0.3, 0.4) is 0 Å². The van der Waals surface area contributed by atoms with Gasteiger partial charge in [0.2, 0.25) is 17.7 Å². The van der Waals surface area contributed by atoms with Crippen LogP contribution in [0.2, 0.25) is 0 Å². The molecule has 0 bridgehead atoms. The SMILES string of the molecule is CC(=O)N1CCN(CC(=O)NCC(=O)N2CCCC2)CC1. The summed E-state index contributed by atoms with van der Waals surface area (Å²) in [7, 11) is 0. The van der Waals surface area contributed by atoms with Crippen molar-refractivity contribution in [2.24, 2.45) is 0 Å². The molecule has 0 aromatic rings. The van der Waals surface area contributed by atoms with Gasteiger partial charge in [-0.25, -0.2) is 0 Å². The summed E-state index contributed by atoms with van der Waals surface area (Å²) in [6.45, 7) is 6.28. The third-order valence-corrected chi connectivity index (χ3v) is 4.08. The molecule has 2 aliphatic rings. The van der Waals surface area contributed by atoms with Gasteiger partial charge in [-0.3, -0.25) is 19.3 Å². The summed E-state index contributed by atoms with van der Waals surface area (Å²) in [5.74, 6) is -0.0450. The molecule has 1 N–H and O–H groups in total. The third kappa shape index (κ3) is 4.70. The Morgan fingerprint density at radius 3 is 2.10 bits per heavy atom. The van der Waals surface area contributed by atoms with Crippen LogP contribution in [0.25, 0.3) is 0 Å². The second-order valence-electron chi connectivity index (χ2n) is 5.65. The first kappa shape index (κ1) is 15.8. The smallest absolute Gasteiger partial charge is 0.241 e. The van der Waals surface area contributed by atoms with Crippen molar-refractivity contribution in [1.29, 1.82) is 0 Å². The highest BCUT2D eigenvalue weighted by Gasteiger charge is 2.21. The number of hydrogen-bond acceptors (Lipinski definition) is 4. The van der Waals surface area contributed by atoms with Crippen LogP contribution in [0.1, 0.15) is 19.8 Å². The quantitative estimate of drug-likeness (QED) is 0.714. The summed E-state index contributed by atoms with van der Waals surface area (Å²) >= 11 is 0. The Morgan fingerprint density at radius 1 is 0.905 bits per heavy atom. The van der Waals surface area contributed by atoms with Gasteiger partial charge in [-0.1, -0.05) is 0 Å². The average molecular weight is 296 g/mol. The van der Waals surface area contributed by atoms with E-state index in [-0.39, 0.29) is 24.3 Å². The maximum Gasteiger partial charge on any atom is 0.241 e. The fourth-order valence-electron chi connectivity index (χ4n) is 2.73. The van der Waals surface area contributed by atoms with Crippen molar-refractivity contribution in [2.75, 3.05) is 52.4 Å². The Bertz CT molecular complexity index is 399. The molecule has 0 saturated carbocycles. The molecule has 118 valence electrons. The average Bonchev–Trinajstić information content (AvgIpc) is 2.99. The number of rotatable bonds is 4. The van der Waals surface area contributed by atoms with Gasteiger partial charge in [0.15, 0.2) is 0 Å². The Morgan fingerprint density at radius 2 is 1.52 bits per heavy atom. The van der Waals surface area contributed by atoms with Crippen LogP contribution < -0.4 is 5.32 Å². The molecule has 2 rings (SSSR count). The Kier molecular flexibility index (Phi) is 5.55. The van der Waals surface area contributed by atoms with Crippen LogP contribution in [0, 0.1) is 0 Å². The molecule has 0 aliphatic carbocycles. The van der Waals surface area contributed by atoms with Gasteiger partial charge in [-0.05, 0) is 12.8 Å². The molecule has 7 nitrogen and oxygen atoms in total. The van der Waals surface area contributed by atoms with Gasteiger partial charge in [0.25, 0.3) is 0 Å². The van der Waals surface area contributed by atoms with Gasteiger partial charge in [0, 0.05) is 46.2 Å². The fourth-order valence-corrected chi connectivity index (χ4v) is 2.73. The number of piperazine rings is 1. The minimum atomic E-state index is -0.126. The lowest BCUT2D eigenvalue weighted by Crippen LogP contribution is -2.51. The minimum absolute atomic E-state index is 0.00208. The van der Waals surface area contributed by atoms with E-state index >= 15 is 0 Å². The van der Waals surface area contributed by atoms with Gasteiger partial charge in [0.05, 0.1) is 13.1 Å².